The highest BCUT2D eigenvalue weighted by Gasteiger charge is 2.23. The van der Waals surface area contributed by atoms with Crippen LogP contribution in [-0.4, -0.2) is 49.3 Å². The number of nitrogens with one attached hydrogen (secondary N) is 1. The van der Waals surface area contributed by atoms with Gasteiger partial charge in [-0.1, -0.05) is 0 Å². The van der Waals surface area contributed by atoms with E-state index in [0.717, 1.165) is 13.2 Å². The summed E-state index contributed by atoms with van der Waals surface area (Å²) in [4.78, 5) is 2.60. The number of rotatable bonds is 3. The Morgan fingerprint density at radius 3 is 3.00 bits per heavy atom. The van der Waals surface area contributed by atoms with Gasteiger partial charge >= 0.3 is 0 Å². The molecule has 0 bridgehead atoms. The molecule has 3 nitrogen and oxygen atoms in total. The van der Waals surface area contributed by atoms with Crippen LogP contribution in [0, 0.1) is 0 Å². The summed E-state index contributed by atoms with van der Waals surface area (Å²) >= 11 is 0. The molecule has 2 rings (SSSR count). The number of ether oxygens (including phenoxy) is 1. The summed E-state index contributed by atoms with van der Waals surface area (Å²) in [6.07, 6.45) is 4.30. The van der Waals surface area contributed by atoms with Gasteiger partial charge in [-0.3, -0.25) is 4.90 Å². The van der Waals surface area contributed by atoms with Crippen molar-refractivity contribution in [2.24, 2.45) is 0 Å². The van der Waals surface area contributed by atoms with Gasteiger partial charge in [-0.15, -0.1) is 0 Å². The van der Waals surface area contributed by atoms with Gasteiger partial charge in [-0.2, -0.15) is 0 Å². The second-order valence-corrected chi connectivity index (χ2v) is 5.08. The molecule has 0 aromatic carbocycles. The summed E-state index contributed by atoms with van der Waals surface area (Å²) in [5.41, 5.74) is 0. The normalized spacial score (nSPS) is 38.4. The van der Waals surface area contributed by atoms with Gasteiger partial charge in [0.25, 0.3) is 0 Å². The standard InChI is InChI=1S/C12H24N2O/c1-10-9-14(11(2)8-13-10)6-5-12-4-3-7-15-12/h10-13H,3-9H2,1-2H3. The van der Waals surface area contributed by atoms with Crippen molar-refractivity contribution in [2.45, 2.75) is 51.3 Å². The molecule has 3 unspecified atom stereocenters. The van der Waals surface area contributed by atoms with Crippen molar-refractivity contribution in [2.75, 3.05) is 26.2 Å². The molecule has 0 aromatic heterocycles. The highest BCUT2D eigenvalue weighted by atomic mass is 16.5. The van der Waals surface area contributed by atoms with E-state index in [0.29, 0.717) is 18.2 Å². The molecule has 0 radical (unpaired) electrons. The molecule has 0 aromatic rings. The van der Waals surface area contributed by atoms with Gasteiger partial charge in [-0.25, -0.2) is 0 Å². The third kappa shape index (κ3) is 3.16. The molecule has 2 saturated heterocycles. The predicted molar refractivity (Wildman–Crippen MR) is 62.1 cm³/mol. The zero-order valence-corrected chi connectivity index (χ0v) is 10.0. The lowest BCUT2D eigenvalue weighted by atomic mass is 10.1. The summed E-state index contributed by atoms with van der Waals surface area (Å²) in [6.45, 7) is 9.09. The van der Waals surface area contributed by atoms with Crippen LogP contribution < -0.4 is 5.32 Å². The molecule has 0 saturated carbocycles. The van der Waals surface area contributed by atoms with E-state index in [4.69, 9.17) is 4.74 Å². The van der Waals surface area contributed by atoms with Crippen LogP contribution in [0.25, 0.3) is 0 Å². The minimum Gasteiger partial charge on any atom is -0.378 e. The van der Waals surface area contributed by atoms with E-state index < -0.39 is 0 Å². The average Bonchev–Trinajstić information content (AvgIpc) is 2.72. The van der Waals surface area contributed by atoms with Crippen molar-refractivity contribution in [1.82, 2.24) is 10.2 Å². The summed E-state index contributed by atoms with van der Waals surface area (Å²) in [5.74, 6) is 0. The van der Waals surface area contributed by atoms with Crippen molar-refractivity contribution in [1.29, 1.82) is 0 Å². The van der Waals surface area contributed by atoms with E-state index in [2.05, 4.69) is 24.1 Å². The summed E-state index contributed by atoms with van der Waals surface area (Å²) in [5, 5.41) is 3.52. The zero-order valence-electron chi connectivity index (χ0n) is 10.0. The second kappa shape index (κ2) is 5.28. The zero-order chi connectivity index (χ0) is 10.7. The average molecular weight is 212 g/mol. The first-order chi connectivity index (χ1) is 7.25. The first-order valence-corrected chi connectivity index (χ1v) is 6.34. The molecule has 0 aliphatic carbocycles. The Labute approximate surface area is 93.2 Å². The van der Waals surface area contributed by atoms with Crippen LogP contribution in [0.3, 0.4) is 0 Å². The van der Waals surface area contributed by atoms with Crippen molar-refractivity contribution in [3.05, 3.63) is 0 Å². The monoisotopic (exact) mass is 212 g/mol. The second-order valence-electron chi connectivity index (χ2n) is 5.08. The van der Waals surface area contributed by atoms with Crippen LogP contribution in [0.4, 0.5) is 0 Å². The van der Waals surface area contributed by atoms with E-state index in [-0.39, 0.29) is 0 Å². The Balaban J connectivity index is 1.72. The molecule has 1 N–H and O–H groups in total. The Bertz CT molecular complexity index is 192. The largest absolute Gasteiger partial charge is 0.378 e. The molecule has 15 heavy (non-hydrogen) atoms. The quantitative estimate of drug-likeness (QED) is 0.762. The fraction of sp³-hybridized carbons (Fsp3) is 1.00. The molecular formula is C12H24N2O. The highest BCUT2D eigenvalue weighted by molar-refractivity contribution is 4.82. The minimum absolute atomic E-state index is 0.544. The Kier molecular flexibility index (Phi) is 4.00. The van der Waals surface area contributed by atoms with Gasteiger partial charge in [0.2, 0.25) is 0 Å². The molecule has 3 atom stereocenters. The third-order valence-corrected chi connectivity index (χ3v) is 3.66. The third-order valence-electron chi connectivity index (χ3n) is 3.66. The van der Waals surface area contributed by atoms with Gasteiger partial charge in [0.05, 0.1) is 6.10 Å². The molecule has 2 aliphatic heterocycles. The Morgan fingerprint density at radius 2 is 2.27 bits per heavy atom. The lowest BCUT2D eigenvalue weighted by molar-refractivity contribution is 0.0756. The Hall–Kier alpha value is -0.120. The van der Waals surface area contributed by atoms with Crippen molar-refractivity contribution < 1.29 is 4.74 Å². The number of hydrogen-bond acceptors (Lipinski definition) is 3. The van der Waals surface area contributed by atoms with Crippen molar-refractivity contribution >= 4 is 0 Å². The number of piperazine rings is 1. The maximum absolute atomic E-state index is 5.66. The topological polar surface area (TPSA) is 24.5 Å². The predicted octanol–water partition coefficient (Wildman–Crippen LogP) is 1.24. The molecule has 2 fully saturated rings. The van der Waals surface area contributed by atoms with Gasteiger partial charge in [-0.05, 0) is 33.1 Å². The van der Waals surface area contributed by atoms with Crippen LogP contribution in [-0.2, 0) is 4.74 Å². The fourth-order valence-electron chi connectivity index (χ4n) is 2.59. The summed E-state index contributed by atoms with van der Waals surface area (Å²) in [6, 6.07) is 1.33. The van der Waals surface area contributed by atoms with Gasteiger partial charge in [0.15, 0.2) is 0 Å². The van der Waals surface area contributed by atoms with Gasteiger partial charge in [0.1, 0.15) is 0 Å². The highest BCUT2D eigenvalue weighted by Crippen LogP contribution is 2.17. The number of nitrogens with zero attached hydrogens (tertiary/aromatic N) is 1. The number of hydrogen-bond donors (Lipinski definition) is 1. The maximum atomic E-state index is 5.66. The Morgan fingerprint density at radius 1 is 1.40 bits per heavy atom. The molecule has 3 heteroatoms. The lowest BCUT2D eigenvalue weighted by Gasteiger charge is -2.37. The van der Waals surface area contributed by atoms with Crippen LogP contribution in [0.2, 0.25) is 0 Å². The summed E-state index contributed by atoms with van der Waals surface area (Å²) in [7, 11) is 0. The van der Waals surface area contributed by atoms with Gasteiger partial charge in [0, 0.05) is 38.3 Å². The van der Waals surface area contributed by atoms with Crippen LogP contribution in [0.15, 0.2) is 0 Å². The van der Waals surface area contributed by atoms with Crippen molar-refractivity contribution in [3.63, 3.8) is 0 Å². The van der Waals surface area contributed by atoms with E-state index in [1.807, 2.05) is 0 Å². The smallest absolute Gasteiger partial charge is 0.0588 e. The maximum Gasteiger partial charge on any atom is 0.0588 e. The molecule has 0 spiro atoms. The van der Waals surface area contributed by atoms with Crippen LogP contribution in [0.1, 0.15) is 33.1 Å². The lowest BCUT2D eigenvalue weighted by Crippen LogP contribution is -2.54. The van der Waals surface area contributed by atoms with E-state index in [9.17, 15) is 0 Å². The molecule has 2 aliphatic rings. The van der Waals surface area contributed by atoms with Crippen LogP contribution in [0.5, 0.6) is 0 Å². The van der Waals surface area contributed by atoms with Crippen LogP contribution >= 0.6 is 0 Å². The molecule has 2 heterocycles. The molecule has 88 valence electrons. The van der Waals surface area contributed by atoms with Gasteiger partial charge < -0.3 is 10.1 Å². The molecule has 0 amide bonds. The summed E-state index contributed by atoms with van der Waals surface area (Å²) < 4.78 is 5.66. The van der Waals surface area contributed by atoms with E-state index in [1.165, 1.54) is 32.4 Å². The fourth-order valence-corrected chi connectivity index (χ4v) is 2.59. The first-order valence-electron chi connectivity index (χ1n) is 6.34. The van der Waals surface area contributed by atoms with E-state index >= 15 is 0 Å². The van der Waals surface area contributed by atoms with Crippen molar-refractivity contribution in [3.8, 4) is 0 Å². The first kappa shape index (κ1) is 11.4. The minimum atomic E-state index is 0.544. The van der Waals surface area contributed by atoms with E-state index in [1.54, 1.807) is 0 Å². The SMILES string of the molecule is CC1CN(CCC2CCCO2)C(C)CN1. The molecular weight excluding hydrogens is 188 g/mol.